The van der Waals surface area contributed by atoms with E-state index in [2.05, 4.69) is 13.8 Å². The fourth-order valence-electron chi connectivity index (χ4n) is 8.19. The Hall–Kier alpha value is -0.0800. The van der Waals surface area contributed by atoms with Gasteiger partial charge in [-0.25, -0.2) is 0 Å². The molecule has 1 unspecified atom stereocenters. The van der Waals surface area contributed by atoms with Gasteiger partial charge in [0, 0.05) is 6.61 Å². The summed E-state index contributed by atoms with van der Waals surface area (Å²) in [6, 6.07) is 0. The average Bonchev–Trinajstić information content (AvgIpc) is 2.84. The molecule has 24 heavy (non-hydrogen) atoms. The van der Waals surface area contributed by atoms with Gasteiger partial charge in [-0.3, -0.25) is 0 Å². The summed E-state index contributed by atoms with van der Waals surface area (Å²) >= 11 is 0. The van der Waals surface area contributed by atoms with Crippen LogP contribution in [-0.2, 0) is 0 Å². The minimum Gasteiger partial charge on any atom is -0.396 e. The molecule has 0 aliphatic heterocycles. The Bertz CT molecular complexity index is 477. The van der Waals surface area contributed by atoms with Crippen molar-refractivity contribution in [3.05, 3.63) is 0 Å². The van der Waals surface area contributed by atoms with Crippen LogP contribution in [0.3, 0.4) is 0 Å². The first-order valence-corrected chi connectivity index (χ1v) is 10.8. The molecule has 0 saturated heterocycles. The van der Waals surface area contributed by atoms with E-state index >= 15 is 0 Å². The first-order valence-electron chi connectivity index (χ1n) is 10.8. The highest BCUT2D eigenvalue weighted by molar-refractivity contribution is 5.13. The summed E-state index contributed by atoms with van der Waals surface area (Å²) in [6.45, 7) is 5.24. The average molecular weight is 335 g/mol. The van der Waals surface area contributed by atoms with Crippen molar-refractivity contribution < 1.29 is 10.2 Å². The summed E-state index contributed by atoms with van der Waals surface area (Å²) in [6.07, 6.45) is 15.0. The zero-order chi connectivity index (χ0) is 17.0. The lowest BCUT2D eigenvalue weighted by molar-refractivity contribution is -0.154. The van der Waals surface area contributed by atoms with Crippen LogP contribution in [0.4, 0.5) is 0 Å². The molecule has 0 spiro atoms. The molecule has 0 amide bonds. The van der Waals surface area contributed by atoms with Crippen LogP contribution >= 0.6 is 0 Å². The Balaban J connectivity index is 1.59. The van der Waals surface area contributed by atoms with Crippen LogP contribution in [-0.4, -0.2) is 22.4 Å². The van der Waals surface area contributed by atoms with Crippen molar-refractivity contribution in [2.45, 2.75) is 96.5 Å². The van der Waals surface area contributed by atoms with Crippen LogP contribution in [0, 0.1) is 34.5 Å². The van der Waals surface area contributed by atoms with Crippen LogP contribution < -0.4 is 0 Å². The molecule has 0 bridgehead atoms. The number of hydrogen-bond acceptors (Lipinski definition) is 2. The third kappa shape index (κ3) is 2.28. The highest BCUT2D eigenvalue weighted by Gasteiger charge is 2.63. The van der Waals surface area contributed by atoms with E-state index in [1.54, 1.807) is 0 Å². The van der Waals surface area contributed by atoms with E-state index in [1.165, 1.54) is 57.8 Å². The molecule has 4 aliphatic rings. The predicted molar refractivity (Wildman–Crippen MR) is 97.6 cm³/mol. The fourth-order valence-corrected chi connectivity index (χ4v) is 8.19. The Kier molecular flexibility index (Phi) is 4.32. The maximum absolute atomic E-state index is 11.5. The minimum atomic E-state index is -0.518. The molecule has 4 aliphatic carbocycles. The van der Waals surface area contributed by atoms with Crippen molar-refractivity contribution in [1.29, 1.82) is 0 Å². The maximum Gasteiger partial charge on any atom is 0.0704 e. The second kappa shape index (κ2) is 5.98. The SMILES string of the molecule is C[C@]12CCCCC1CC[C@@H]1[C@@H]2CC[C@@]2(C)[C@H]1CC[C@@]2(O)CCCO. The second-order valence-corrected chi connectivity index (χ2v) is 10.3. The molecule has 0 aromatic carbocycles. The van der Waals surface area contributed by atoms with Crippen LogP contribution in [0.5, 0.6) is 0 Å². The van der Waals surface area contributed by atoms with E-state index < -0.39 is 5.60 Å². The van der Waals surface area contributed by atoms with Crippen LogP contribution in [0.15, 0.2) is 0 Å². The van der Waals surface area contributed by atoms with Gasteiger partial charge in [0.05, 0.1) is 5.60 Å². The van der Waals surface area contributed by atoms with E-state index in [0.717, 1.165) is 42.9 Å². The molecule has 4 saturated carbocycles. The maximum atomic E-state index is 11.5. The zero-order valence-corrected chi connectivity index (χ0v) is 15.9. The molecule has 0 aromatic heterocycles. The largest absolute Gasteiger partial charge is 0.396 e. The van der Waals surface area contributed by atoms with Crippen LogP contribution in [0.1, 0.15) is 90.9 Å². The first-order chi connectivity index (χ1) is 11.4. The summed E-state index contributed by atoms with van der Waals surface area (Å²) in [5.41, 5.74) is 0.172. The third-order valence-corrected chi connectivity index (χ3v) is 9.65. The van der Waals surface area contributed by atoms with Gasteiger partial charge < -0.3 is 10.2 Å². The predicted octanol–water partition coefficient (Wildman–Crippen LogP) is 4.92. The molecule has 2 nitrogen and oxygen atoms in total. The highest BCUT2D eigenvalue weighted by Crippen LogP contribution is 2.68. The quantitative estimate of drug-likeness (QED) is 0.769. The Morgan fingerprint density at radius 1 is 0.875 bits per heavy atom. The number of hydrogen-bond donors (Lipinski definition) is 2. The molecule has 4 fully saturated rings. The molecule has 0 radical (unpaired) electrons. The van der Waals surface area contributed by atoms with Crippen molar-refractivity contribution >= 4 is 0 Å². The zero-order valence-electron chi connectivity index (χ0n) is 15.9. The second-order valence-electron chi connectivity index (χ2n) is 10.3. The summed E-state index contributed by atoms with van der Waals surface area (Å²) in [7, 11) is 0. The summed E-state index contributed by atoms with van der Waals surface area (Å²) in [4.78, 5) is 0. The molecule has 138 valence electrons. The smallest absolute Gasteiger partial charge is 0.0704 e. The van der Waals surface area contributed by atoms with E-state index in [-0.39, 0.29) is 12.0 Å². The number of aliphatic hydroxyl groups is 2. The topological polar surface area (TPSA) is 40.5 Å². The van der Waals surface area contributed by atoms with Gasteiger partial charge in [0.15, 0.2) is 0 Å². The summed E-state index contributed by atoms with van der Waals surface area (Å²) in [5.74, 6) is 3.47. The van der Waals surface area contributed by atoms with Gasteiger partial charge in [-0.05, 0) is 98.7 Å². The van der Waals surface area contributed by atoms with Crippen molar-refractivity contribution in [1.82, 2.24) is 0 Å². The van der Waals surface area contributed by atoms with Gasteiger partial charge in [0.25, 0.3) is 0 Å². The van der Waals surface area contributed by atoms with Gasteiger partial charge >= 0.3 is 0 Å². The standard InChI is InChI=1S/C22H38O2/c1-20-11-4-3-6-16(20)7-8-17-18(20)9-13-21(2)19(17)10-14-22(21,24)12-5-15-23/h16-19,23-24H,3-15H2,1-2H3/t16?,17-,18+,19+,20+,21+,22+/m1/s1. The monoisotopic (exact) mass is 334 g/mol. The van der Waals surface area contributed by atoms with Crippen LogP contribution in [0.25, 0.3) is 0 Å². The lowest BCUT2D eigenvalue weighted by Gasteiger charge is -2.61. The van der Waals surface area contributed by atoms with Crippen molar-refractivity contribution in [2.75, 3.05) is 6.61 Å². The Morgan fingerprint density at radius 3 is 2.46 bits per heavy atom. The molecular weight excluding hydrogens is 296 g/mol. The fraction of sp³-hybridized carbons (Fsp3) is 1.00. The lowest BCUT2D eigenvalue weighted by Crippen LogP contribution is -2.56. The highest BCUT2D eigenvalue weighted by atomic mass is 16.3. The van der Waals surface area contributed by atoms with Crippen molar-refractivity contribution in [3.8, 4) is 0 Å². The minimum absolute atomic E-state index is 0.0984. The number of fused-ring (bicyclic) bond motifs is 5. The van der Waals surface area contributed by atoms with Crippen LogP contribution in [0.2, 0.25) is 0 Å². The molecule has 0 aromatic rings. The Labute approximate surface area is 148 Å². The Morgan fingerprint density at radius 2 is 1.67 bits per heavy atom. The van der Waals surface area contributed by atoms with E-state index in [4.69, 9.17) is 0 Å². The van der Waals surface area contributed by atoms with Gasteiger partial charge in [0.1, 0.15) is 0 Å². The van der Waals surface area contributed by atoms with Gasteiger partial charge in [-0.15, -0.1) is 0 Å². The molecule has 4 rings (SSSR count). The summed E-state index contributed by atoms with van der Waals surface area (Å²) in [5, 5.41) is 20.7. The third-order valence-electron chi connectivity index (χ3n) is 9.65. The van der Waals surface area contributed by atoms with E-state index in [0.29, 0.717) is 5.41 Å². The summed E-state index contributed by atoms with van der Waals surface area (Å²) < 4.78 is 0. The number of aliphatic hydroxyl groups excluding tert-OH is 1. The van der Waals surface area contributed by atoms with Crippen molar-refractivity contribution in [3.63, 3.8) is 0 Å². The van der Waals surface area contributed by atoms with Gasteiger partial charge in [0.2, 0.25) is 0 Å². The van der Waals surface area contributed by atoms with E-state index in [9.17, 15) is 10.2 Å². The van der Waals surface area contributed by atoms with E-state index in [1.807, 2.05) is 0 Å². The molecule has 0 heterocycles. The molecule has 7 atom stereocenters. The molecule has 2 N–H and O–H groups in total. The normalized spacial score (nSPS) is 54.0. The van der Waals surface area contributed by atoms with Gasteiger partial charge in [-0.1, -0.05) is 26.7 Å². The van der Waals surface area contributed by atoms with Crippen molar-refractivity contribution in [2.24, 2.45) is 34.5 Å². The van der Waals surface area contributed by atoms with Gasteiger partial charge in [-0.2, -0.15) is 0 Å². The molecule has 2 heteroatoms. The lowest BCUT2D eigenvalue weighted by atomic mass is 9.44. The first kappa shape index (κ1) is 17.3. The number of rotatable bonds is 3. The molecular formula is C22H38O2.